The van der Waals surface area contributed by atoms with Crippen LogP contribution in [-0.2, 0) is 5.75 Å². The first-order chi connectivity index (χ1) is 7.20. The maximum absolute atomic E-state index is 5.21. The number of thioether (sulfide) groups is 1. The molecule has 0 aliphatic heterocycles. The van der Waals surface area contributed by atoms with Crippen molar-refractivity contribution in [2.24, 2.45) is 16.5 Å². The third kappa shape index (κ3) is 9.70. The molecule has 5 N–H and O–H groups in total. The van der Waals surface area contributed by atoms with Gasteiger partial charge in [0.25, 0.3) is 0 Å². The van der Waals surface area contributed by atoms with Crippen molar-refractivity contribution in [2.75, 3.05) is 12.3 Å². The molecule has 1 aromatic heterocycles. The fourth-order valence-electron chi connectivity index (χ4n) is 1.08. The lowest BCUT2D eigenvalue weighted by atomic mass is 10.4. The molecule has 0 atom stereocenters. The van der Waals surface area contributed by atoms with Crippen LogP contribution < -0.4 is 11.5 Å². The lowest BCUT2D eigenvalue weighted by molar-refractivity contribution is 0.937. The maximum Gasteiger partial charge on any atom is 0.185 e. The van der Waals surface area contributed by atoms with Gasteiger partial charge in [0.1, 0.15) is 0 Å². The molecule has 0 unspecified atom stereocenters. The summed E-state index contributed by atoms with van der Waals surface area (Å²) in [5.74, 6) is 2.16. The molecule has 0 bridgehead atoms. The molecule has 0 aliphatic carbocycles. The summed E-state index contributed by atoms with van der Waals surface area (Å²) in [6, 6.07) is 0. The third-order valence-corrected chi connectivity index (χ3v) is 2.97. The summed E-state index contributed by atoms with van der Waals surface area (Å²) in [6.45, 7) is 2.73. The maximum atomic E-state index is 5.21. The molecule has 0 aliphatic rings. The van der Waals surface area contributed by atoms with Crippen LogP contribution in [0.3, 0.4) is 0 Å². The van der Waals surface area contributed by atoms with Gasteiger partial charge in [0.2, 0.25) is 0 Å². The Labute approximate surface area is 130 Å². The molecule has 108 valence electrons. The number of H-pyrrole nitrogens is 1. The molecule has 5 nitrogen and oxygen atoms in total. The van der Waals surface area contributed by atoms with Gasteiger partial charge in [0.05, 0.1) is 12.0 Å². The van der Waals surface area contributed by atoms with E-state index < -0.39 is 0 Å². The number of hydrogen-bond acceptors (Lipinski definition) is 3. The van der Waals surface area contributed by atoms with Crippen LogP contribution in [0.1, 0.15) is 17.8 Å². The molecule has 0 aromatic carbocycles. The first-order valence-corrected chi connectivity index (χ1v) is 5.97. The van der Waals surface area contributed by atoms with Gasteiger partial charge >= 0.3 is 0 Å². The number of guanidine groups is 1. The topological polar surface area (TPSA) is 93.1 Å². The van der Waals surface area contributed by atoms with Gasteiger partial charge in [0, 0.05) is 18.0 Å². The van der Waals surface area contributed by atoms with E-state index in [1.807, 2.05) is 18.7 Å². The average molecular weight is 337 g/mol. The van der Waals surface area contributed by atoms with Gasteiger partial charge in [-0.1, -0.05) is 0 Å². The Morgan fingerprint density at radius 2 is 2.06 bits per heavy atom. The number of nitrogens with one attached hydrogen (secondary N) is 1. The zero-order valence-electron chi connectivity index (χ0n) is 10.1. The minimum atomic E-state index is 0. The zero-order valence-corrected chi connectivity index (χ0v) is 13.4. The Morgan fingerprint density at radius 3 is 2.56 bits per heavy atom. The summed E-state index contributed by atoms with van der Waals surface area (Å²) in [6.07, 6.45) is 2.72. The van der Waals surface area contributed by atoms with Crippen molar-refractivity contribution in [1.29, 1.82) is 0 Å². The van der Waals surface area contributed by atoms with Crippen molar-refractivity contribution >= 4 is 54.9 Å². The number of nitrogens with two attached hydrogens (primary N) is 2. The first-order valence-electron chi connectivity index (χ1n) is 4.82. The van der Waals surface area contributed by atoms with Gasteiger partial charge in [-0.15, -0.1) is 37.2 Å². The number of hydrogen-bond donors (Lipinski definition) is 3. The fraction of sp³-hybridized carbons (Fsp3) is 0.556. The number of aromatic nitrogens is 2. The average Bonchev–Trinajstić information content (AvgIpc) is 2.57. The molecule has 0 saturated heterocycles. The van der Waals surface area contributed by atoms with Crippen LogP contribution in [0.15, 0.2) is 11.3 Å². The Morgan fingerprint density at radius 1 is 1.39 bits per heavy atom. The Balaban J connectivity index is -0.000000750. The van der Waals surface area contributed by atoms with Gasteiger partial charge in [0.15, 0.2) is 5.96 Å². The van der Waals surface area contributed by atoms with Crippen molar-refractivity contribution in [1.82, 2.24) is 9.97 Å². The van der Waals surface area contributed by atoms with E-state index in [1.165, 1.54) is 0 Å². The van der Waals surface area contributed by atoms with E-state index in [0.717, 1.165) is 29.3 Å². The quantitative estimate of drug-likeness (QED) is 0.420. The number of aryl methyl sites for hydroxylation is 1. The van der Waals surface area contributed by atoms with Crippen LogP contribution in [0.25, 0.3) is 0 Å². The summed E-state index contributed by atoms with van der Waals surface area (Å²) < 4.78 is 0. The summed E-state index contributed by atoms with van der Waals surface area (Å²) >= 11 is 1.84. The second-order valence-corrected chi connectivity index (χ2v) is 4.29. The van der Waals surface area contributed by atoms with Crippen LogP contribution in [-0.4, -0.2) is 28.2 Å². The van der Waals surface area contributed by atoms with E-state index in [9.17, 15) is 0 Å². The largest absolute Gasteiger partial charge is 0.370 e. The summed E-state index contributed by atoms with van der Waals surface area (Å²) in [5, 5.41) is 0. The van der Waals surface area contributed by atoms with E-state index in [0.29, 0.717) is 6.54 Å². The second-order valence-electron chi connectivity index (χ2n) is 3.19. The Kier molecular flexibility index (Phi) is 16.7. The monoisotopic (exact) mass is 335 g/mol. The molecular formula is C9H20Cl3N5S. The highest BCUT2D eigenvalue weighted by molar-refractivity contribution is 7.98. The fourth-order valence-corrected chi connectivity index (χ4v) is 2.04. The van der Waals surface area contributed by atoms with Gasteiger partial charge in [-0.2, -0.15) is 11.8 Å². The zero-order chi connectivity index (χ0) is 11.1. The summed E-state index contributed by atoms with van der Waals surface area (Å²) in [5.41, 5.74) is 12.7. The van der Waals surface area contributed by atoms with E-state index in [-0.39, 0.29) is 43.2 Å². The molecule has 1 aromatic rings. The van der Waals surface area contributed by atoms with Gasteiger partial charge in [-0.25, -0.2) is 4.98 Å². The summed E-state index contributed by atoms with van der Waals surface area (Å²) in [4.78, 5) is 11.2. The molecule has 9 heteroatoms. The van der Waals surface area contributed by atoms with E-state index in [4.69, 9.17) is 11.5 Å². The van der Waals surface area contributed by atoms with E-state index in [2.05, 4.69) is 15.0 Å². The van der Waals surface area contributed by atoms with Crippen molar-refractivity contribution < 1.29 is 0 Å². The smallest absolute Gasteiger partial charge is 0.185 e. The molecule has 0 amide bonds. The third-order valence-electron chi connectivity index (χ3n) is 1.91. The second kappa shape index (κ2) is 13.1. The molecule has 0 saturated carbocycles. The number of aliphatic imine (C=N–C) groups is 1. The van der Waals surface area contributed by atoms with Crippen molar-refractivity contribution in [3.63, 3.8) is 0 Å². The van der Waals surface area contributed by atoms with Gasteiger partial charge in [-0.3, -0.25) is 4.99 Å². The summed E-state index contributed by atoms with van der Waals surface area (Å²) in [7, 11) is 0. The van der Waals surface area contributed by atoms with E-state index >= 15 is 0 Å². The molecule has 0 fully saturated rings. The lowest BCUT2D eigenvalue weighted by Crippen LogP contribution is -2.23. The highest BCUT2D eigenvalue weighted by atomic mass is 35.5. The SMILES string of the molecule is Cc1[nH]cnc1CSCCCN=C(N)N.Cl.Cl.Cl. The number of rotatable bonds is 6. The van der Waals surface area contributed by atoms with Crippen molar-refractivity contribution in [3.8, 4) is 0 Å². The molecule has 1 heterocycles. The van der Waals surface area contributed by atoms with Crippen molar-refractivity contribution in [3.05, 3.63) is 17.7 Å². The molecule has 0 spiro atoms. The standard InChI is InChI=1S/C9H17N5S.3ClH/c1-7-8(14-6-13-7)5-15-4-2-3-12-9(10)11;;;/h6H,2-5H2,1H3,(H,13,14)(H4,10,11,12);3*1H. The molecular weight excluding hydrogens is 317 g/mol. The molecule has 0 radical (unpaired) electrons. The predicted octanol–water partition coefficient (Wildman–Crippen LogP) is 1.88. The lowest BCUT2D eigenvalue weighted by Gasteiger charge is -1.99. The predicted molar refractivity (Wildman–Crippen MR) is 86.5 cm³/mol. The van der Waals surface area contributed by atoms with Crippen LogP contribution in [0.5, 0.6) is 0 Å². The number of nitrogens with zero attached hydrogens (tertiary/aromatic N) is 2. The van der Waals surface area contributed by atoms with Crippen LogP contribution >= 0.6 is 49.0 Å². The first kappa shape index (κ1) is 22.8. The normalized spacial score (nSPS) is 8.50. The Hall–Kier alpha value is -0.300. The van der Waals surface area contributed by atoms with Gasteiger partial charge < -0.3 is 16.5 Å². The minimum absolute atomic E-state index is 0. The Bertz CT molecular complexity index is 328. The molecule has 18 heavy (non-hydrogen) atoms. The number of halogens is 3. The molecule has 1 rings (SSSR count). The van der Waals surface area contributed by atoms with Gasteiger partial charge in [-0.05, 0) is 19.1 Å². The highest BCUT2D eigenvalue weighted by Crippen LogP contribution is 2.13. The number of aromatic amines is 1. The van der Waals surface area contributed by atoms with Crippen LogP contribution in [0.4, 0.5) is 0 Å². The van der Waals surface area contributed by atoms with Crippen LogP contribution in [0.2, 0.25) is 0 Å². The number of imidazole rings is 1. The highest BCUT2D eigenvalue weighted by Gasteiger charge is 1.99. The van der Waals surface area contributed by atoms with E-state index in [1.54, 1.807) is 6.33 Å². The minimum Gasteiger partial charge on any atom is -0.370 e. The van der Waals surface area contributed by atoms with Crippen LogP contribution in [0, 0.1) is 6.92 Å². The van der Waals surface area contributed by atoms with Crippen molar-refractivity contribution in [2.45, 2.75) is 19.1 Å².